The monoisotopic (exact) mass is 251 g/mol. The Hall–Kier alpha value is -2.69. The van der Waals surface area contributed by atoms with Crippen LogP contribution in [0.2, 0.25) is 0 Å². The molecule has 2 aromatic carbocycles. The van der Waals surface area contributed by atoms with E-state index in [0.717, 1.165) is 16.9 Å². The number of tetrazole rings is 1. The quantitative estimate of drug-likeness (QED) is 0.709. The molecule has 3 rings (SSSR count). The average Bonchev–Trinajstić information content (AvgIpc) is 2.90. The van der Waals surface area contributed by atoms with Gasteiger partial charge >= 0.3 is 0 Å². The molecule has 0 aliphatic carbocycles. The molecule has 0 saturated carbocycles. The molecule has 0 bridgehead atoms. The third-order valence-electron chi connectivity index (χ3n) is 2.92. The van der Waals surface area contributed by atoms with Crippen LogP contribution in [-0.2, 0) is 0 Å². The van der Waals surface area contributed by atoms with E-state index in [1.807, 2.05) is 55.5 Å². The molecule has 0 amide bonds. The highest BCUT2D eigenvalue weighted by molar-refractivity contribution is 5.60. The standard InChI is InChI=1S/C14H13N5/c1-10-2-8-13(9-3-10)19-14(16-17-18-19)11-4-6-12(15)7-5-11/h2-9H,15H2,1H3. The van der Waals surface area contributed by atoms with Gasteiger partial charge in [0.1, 0.15) is 0 Å². The number of benzene rings is 2. The lowest BCUT2D eigenvalue weighted by molar-refractivity contribution is 0.791. The van der Waals surface area contributed by atoms with E-state index in [-0.39, 0.29) is 0 Å². The molecule has 0 unspecified atom stereocenters. The van der Waals surface area contributed by atoms with Gasteiger partial charge in [0.2, 0.25) is 0 Å². The van der Waals surface area contributed by atoms with Crippen molar-refractivity contribution in [2.75, 3.05) is 5.73 Å². The van der Waals surface area contributed by atoms with Crippen LogP contribution in [-0.4, -0.2) is 20.2 Å². The smallest absolute Gasteiger partial charge is 0.187 e. The second-order valence-electron chi connectivity index (χ2n) is 4.37. The first-order valence-corrected chi connectivity index (χ1v) is 5.95. The summed E-state index contributed by atoms with van der Waals surface area (Å²) in [6.07, 6.45) is 0. The van der Waals surface area contributed by atoms with Crippen LogP contribution in [0.15, 0.2) is 48.5 Å². The van der Waals surface area contributed by atoms with Gasteiger partial charge < -0.3 is 5.73 Å². The minimum atomic E-state index is 0.698. The van der Waals surface area contributed by atoms with Gasteiger partial charge in [0.25, 0.3) is 0 Å². The lowest BCUT2D eigenvalue weighted by Crippen LogP contribution is -1.99. The molecule has 1 heterocycles. The molecule has 0 atom stereocenters. The first kappa shape index (κ1) is 11.4. The van der Waals surface area contributed by atoms with Gasteiger partial charge in [0.05, 0.1) is 5.69 Å². The molecular formula is C14H13N5. The van der Waals surface area contributed by atoms with E-state index >= 15 is 0 Å². The van der Waals surface area contributed by atoms with Crippen LogP contribution >= 0.6 is 0 Å². The molecule has 0 aliphatic heterocycles. The summed E-state index contributed by atoms with van der Waals surface area (Å²) in [6.45, 7) is 2.05. The zero-order valence-electron chi connectivity index (χ0n) is 10.5. The molecule has 1 aromatic heterocycles. The van der Waals surface area contributed by atoms with Crippen LogP contribution in [0.5, 0.6) is 0 Å². The third-order valence-corrected chi connectivity index (χ3v) is 2.92. The van der Waals surface area contributed by atoms with Crippen molar-refractivity contribution < 1.29 is 0 Å². The van der Waals surface area contributed by atoms with Crippen molar-refractivity contribution in [1.29, 1.82) is 0 Å². The lowest BCUT2D eigenvalue weighted by atomic mass is 10.2. The summed E-state index contributed by atoms with van der Waals surface area (Å²) in [6, 6.07) is 15.5. The molecular weight excluding hydrogens is 238 g/mol. The van der Waals surface area contributed by atoms with Gasteiger partial charge in [-0.3, -0.25) is 0 Å². The molecule has 0 saturated heterocycles. The number of rotatable bonds is 2. The molecule has 0 fully saturated rings. The van der Waals surface area contributed by atoms with Crippen LogP contribution in [0.25, 0.3) is 17.1 Å². The summed E-state index contributed by atoms with van der Waals surface area (Å²) in [5.74, 6) is 0.698. The fourth-order valence-corrected chi connectivity index (χ4v) is 1.86. The Balaban J connectivity index is 2.07. The number of nitrogens with zero attached hydrogens (tertiary/aromatic N) is 4. The zero-order valence-corrected chi connectivity index (χ0v) is 10.5. The fourth-order valence-electron chi connectivity index (χ4n) is 1.86. The van der Waals surface area contributed by atoms with E-state index < -0.39 is 0 Å². The Kier molecular flexibility index (Phi) is 2.72. The van der Waals surface area contributed by atoms with Crippen molar-refractivity contribution >= 4 is 5.69 Å². The Morgan fingerprint density at radius 3 is 2.32 bits per heavy atom. The number of hydrogen-bond donors (Lipinski definition) is 1. The van der Waals surface area contributed by atoms with Gasteiger partial charge in [-0.15, -0.1) is 5.10 Å². The summed E-state index contributed by atoms with van der Waals surface area (Å²) in [5, 5.41) is 11.9. The van der Waals surface area contributed by atoms with Gasteiger partial charge in [-0.1, -0.05) is 17.7 Å². The Bertz CT molecular complexity index is 623. The number of anilines is 1. The van der Waals surface area contributed by atoms with E-state index in [0.29, 0.717) is 5.82 Å². The molecule has 2 N–H and O–H groups in total. The first-order valence-electron chi connectivity index (χ1n) is 5.95. The summed E-state index contributed by atoms with van der Waals surface area (Å²) in [4.78, 5) is 0. The maximum Gasteiger partial charge on any atom is 0.187 e. The van der Waals surface area contributed by atoms with Crippen molar-refractivity contribution in [3.05, 3.63) is 54.1 Å². The summed E-state index contributed by atoms with van der Waals surface area (Å²) < 4.78 is 1.71. The second kappa shape index (κ2) is 4.53. The first-order chi connectivity index (χ1) is 9.24. The largest absolute Gasteiger partial charge is 0.399 e. The normalized spacial score (nSPS) is 10.6. The van der Waals surface area contributed by atoms with Crippen molar-refractivity contribution in [2.24, 2.45) is 0 Å². The van der Waals surface area contributed by atoms with Gasteiger partial charge in [-0.25, -0.2) is 0 Å². The van der Waals surface area contributed by atoms with E-state index in [4.69, 9.17) is 5.73 Å². The highest BCUT2D eigenvalue weighted by Crippen LogP contribution is 2.20. The predicted octanol–water partition coefficient (Wildman–Crippen LogP) is 2.22. The maximum atomic E-state index is 5.69. The van der Waals surface area contributed by atoms with Gasteiger partial charge in [0.15, 0.2) is 5.82 Å². The summed E-state index contributed by atoms with van der Waals surface area (Å²) in [5.41, 5.74) is 9.47. The van der Waals surface area contributed by atoms with Crippen LogP contribution < -0.4 is 5.73 Å². The van der Waals surface area contributed by atoms with Gasteiger partial charge in [-0.2, -0.15) is 4.68 Å². The third kappa shape index (κ3) is 2.18. The highest BCUT2D eigenvalue weighted by atomic mass is 15.5. The van der Waals surface area contributed by atoms with Crippen molar-refractivity contribution in [3.8, 4) is 17.1 Å². The SMILES string of the molecule is Cc1ccc(-n2nnnc2-c2ccc(N)cc2)cc1. The van der Waals surface area contributed by atoms with Gasteiger partial charge in [-0.05, 0) is 53.7 Å². The molecule has 94 valence electrons. The minimum Gasteiger partial charge on any atom is -0.399 e. The Labute approximate surface area is 110 Å². The molecule has 5 nitrogen and oxygen atoms in total. The minimum absolute atomic E-state index is 0.698. The van der Waals surface area contributed by atoms with Crippen LogP contribution in [0.4, 0.5) is 5.69 Å². The summed E-state index contributed by atoms with van der Waals surface area (Å²) >= 11 is 0. The zero-order chi connectivity index (χ0) is 13.2. The number of aryl methyl sites for hydroxylation is 1. The van der Waals surface area contributed by atoms with Crippen molar-refractivity contribution in [3.63, 3.8) is 0 Å². The van der Waals surface area contributed by atoms with Crippen LogP contribution in [0.1, 0.15) is 5.56 Å². The maximum absolute atomic E-state index is 5.69. The topological polar surface area (TPSA) is 69.6 Å². The molecule has 0 aliphatic rings. The lowest BCUT2D eigenvalue weighted by Gasteiger charge is -2.05. The predicted molar refractivity (Wildman–Crippen MR) is 73.7 cm³/mol. The van der Waals surface area contributed by atoms with Crippen molar-refractivity contribution in [1.82, 2.24) is 20.2 Å². The summed E-state index contributed by atoms with van der Waals surface area (Å²) in [7, 11) is 0. The fraction of sp³-hybridized carbons (Fsp3) is 0.0714. The number of aromatic nitrogens is 4. The molecule has 0 radical (unpaired) electrons. The second-order valence-corrected chi connectivity index (χ2v) is 4.37. The van der Waals surface area contributed by atoms with E-state index in [1.54, 1.807) is 4.68 Å². The van der Waals surface area contributed by atoms with E-state index in [9.17, 15) is 0 Å². The average molecular weight is 251 g/mol. The van der Waals surface area contributed by atoms with Crippen LogP contribution in [0.3, 0.4) is 0 Å². The molecule has 5 heteroatoms. The number of nitrogens with two attached hydrogens (primary N) is 1. The molecule has 19 heavy (non-hydrogen) atoms. The molecule has 0 spiro atoms. The van der Waals surface area contributed by atoms with E-state index in [2.05, 4.69) is 15.5 Å². The Morgan fingerprint density at radius 1 is 0.947 bits per heavy atom. The van der Waals surface area contributed by atoms with Gasteiger partial charge in [0, 0.05) is 11.3 Å². The van der Waals surface area contributed by atoms with E-state index in [1.165, 1.54) is 5.56 Å². The van der Waals surface area contributed by atoms with Crippen molar-refractivity contribution in [2.45, 2.75) is 6.92 Å². The number of hydrogen-bond acceptors (Lipinski definition) is 4. The number of nitrogen functional groups attached to an aromatic ring is 1. The Morgan fingerprint density at radius 2 is 1.63 bits per heavy atom. The molecule has 3 aromatic rings. The highest BCUT2D eigenvalue weighted by Gasteiger charge is 2.10. The van der Waals surface area contributed by atoms with Crippen LogP contribution in [0, 0.1) is 6.92 Å².